The maximum Gasteiger partial charge on any atom is 0.337 e. The number of benzene rings is 1. The molecule has 1 aromatic carbocycles. The lowest BCUT2D eigenvalue weighted by Crippen LogP contribution is -2.25. The lowest BCUT2D eigenvalue weighted by Gasteiger charge is -2.04. The summed E-state index contributed by atoms with van der Waals surface area (Å²) in [4.78, 5) is 19.9. The molecule has 0 aliphatic carbocycles. The molecule has 0 bridgehead atoms. The molecule has 0 heterocycles. The van der Waals surface area contributed by atoms with Gasteiger partial charge in [0.2, 0.25) is 0 Å². The first-order valence-corrected chi connectivity index (χ1v) is 5.21. The third kappa shape index (κ3) is 5.97. The molecular weight excluding hydrogens is 238 g/mol. The molecule has 0 aromatic heterocycles. The van der Waals surface area contributed by atoms with E-state index in [4.69, 9.17) is 21.1 Å². The lowest BCUT2D eigenvalue weighted by atomic mass is 10.1. The molecule has 6 heteroatoms. The van der Waals surface area contributed by atoms with Crippen LogP contribution in [0, 0.1) is 6.92 Å². The summed E-state index contributed by atoms with van der Waals surface area (Å²) in [6, 6.07) is 6.01. The van der Waals surface area contributed by atoms with Gasteiger partial charge in [0.25, 0.3) is 0 Å². The van der Waals surface area contributed by atoms with Crippen molar-refractivity contribution in [3.05, 3.63) is 35.4 Å². The highest BCUT2D eigenvalue weighted by Crippen LogP contribution is 2.13. The molecule has 2 atom stereocenters. The van der Waals surface area contributed by atoms with E-state index in [2.05, 4.69) is 0 Å². The average Bonchev–Trinajstić information content (AvgIpc) is 2.29. The van der Waals surface area contributed by atoms with Crippen LogP contribution in [0.25, 0.3) is 0 Å². The Bertz CT molecular complexity index is 399. The van der Waals surface area contributed by atoms with Crippen LogP contribution < -0.4 is 5.73 Å². The fraction of sp³-hybridized carbons (Fsp3) is 0.333. The molecule has 0 spiro atoms. The topological polar surface area (TPSA) is 121 Å². The number of carboxylic acids is 2. The predicted octanol–water partition coefficient (Wildman–Crippen LogP) is 0.531. The molecule has 1 unspecified atom stereocenters. The summed E-state index contributed by atoms with van der Waals surface area (Å²) in [5, 5.41) is 25.4. The quantitative estimate of drug-likeness (QED) is 0.625. The van der Waals surface area contributed by atoms with E-state index < -0.39 is 24.1 Å². The second kappa shape index (κ2) is 7.41. The summed E-state index contributed by atoms with van der Waals surface area (Å²) in [6.07, 6.45) is -1.41. The predicted molar refractivity (Wildman–Crippen MR) is 65.1 cm³/mol. The first kappa shape index (κ1) is 16.1. The molecule has 0 amide bonds. The summed E-state index contributed by atoms with van der Waals surface area (Å²) in [6.45, 7) is 3.32. The minimum absolute atomic E-state index is 0.410. The van der Waals surface area contributed by atoms with Crippen LogP contribution in [-0.2, 0) is 9.59 Å². The Morgan fingerprint density at radius 3 is 1.78 bits per heavy atom. The number of aliphatic hydroxyl groups is 1. The van der Waals surface area contributed by atoms with Gasteiger partial charge in [-0.2, -0.15) is 0 Å². The Morgan fingerprint density at radius 2 is 1.50 bits per heavy atom. The fourth-order valence-corrected chi connectivity index (χ4v) is 0.891. The van der Waals surface area contributed by atoms with Crippen molar-refractivity contribution in [1.29, 1.82) is 0 Å². The zero-order valence-electron chi connectivity index (χ0n) is 10.2. The van der Waals surface area contributed by atoms with Crippen LogP contribution in [0.1, 0.15) is 24.2 Å². The number of rotatable bonds is 3. The molecule has 0 aliphatic heterocycles. The summed E-state index contributed by atoms with van der Waals surface area (Å²) >= 11 is 0. The average molecular weight is 255 g/mol. The molecule has 0 aliphatic rings. The van der Waals surface area contributed by atoms with Gasteiger partial charge in [0.05, 0.1) is 0 Å². The largest absolute Gasteiger partial charge is 0.480 e. The zero-order valence-corrected chi connectivity index (χ0v) is 10.2. The Morgan fingerprint density at radius 1 is 1.11 bits per heavy atom. The van der Waals surface area contributed by atoms with E-state index in [0.717, 1.165) is 5.56 Å². The second-order valence-corrected chi connectivity index (χ2v) is 3.78. The van der Waals surface area contributed by atoms with Crippen molar-refractivity contribution in [3.8, 4) is 0 Å². The number of nitrogens with two attached hydrogens (primary N) is 1. The van der Waals surface area contributed by atoms with E-state index >= 15 is 0 Å². The Balaban J connectivity index is 0.000000411. The summed E-state index contributed by atoms with van der Waals surface area (Å²) < 4.78 is 0. The number of hydrogen-bond donors (Lipinski definition) is 4. The maximum atomic E-state index is 10.3. The lowest BCUT2D eigenvalue weighted by molar-refractivity contribution is -0.147. The molecule has 100 valence electrons. The molecule has 0 fully saturated rings. The van der Waals surface area contributed by atoms with Crippen LogP contribution in [0.4, 0.5) is 0 Å². The molecule has 0 saturated carbocycles. The maximum absolute atomic E-state index is 10.3. The SMILES string of the molecule is C[C@H](N)C(=O)O.Cc1ccc(C(O)C(=O)O)cc1. The van der Waals surface area contributed by atoms with Gasteiger partial charge in [-0.1, -0.05) is 29.8 Å². The van der Waals surface area contributed by atoms with Gasteiger partial charge in [0.15, 0.2) is 6.10 Å². The van der Waals surface area contributed by atoms with Gasteiger partial charge in [-0.05, 0) is 19.4 Å². The second-order valence-electron chi connectivity index (χ2n) is 3.78. The van der Waals surface area contributed by atoms with Crippen LogP contribution in [0.3, 0.4) is 0 Å². The number of carbonyl (C=O) groups is 2. The number of hydrogen-bond acceptors (Lipinski definition) is 4. The van der Waals surface area contributed by atoms with Crippen molar-refractivity contribution < 1.29 is 24.9 Å². The first-order valence-electron chi connectivity index (χ1n) is 5.21. The summed E-state index contributed by atoms with van der Waals surface area (Å²) in [5.74, 6) is -2.19. The van der Waals surface area contributed by atoms with Gasteiger partial charge in [0, 0.05) is 0 Å². The van der Waals surface area contributed by atoms with Crippen LogP contribution in [-0.4, -0.2) is 33.3 Å². The Hall–Kier alpha value is -1.92. The van der Waals surface area contributed by atoms with E-state index in [1.54, 1.807) is 24.3 Å². The van der Waals surface area contributed by atoms with Crippen molar-refractivity contribution >= 4 is 11.9 Å². The van der Waals surface area contributed by atoms with Crippen LogP contribution in [0.15, 0.2) is 24.3 Å². The summed E-state index contributed by atoms with van der Waals surface area (Å²) in [5.41, 5.74) is 6.28. The molecule has 5 N–H and O–H groups in total. The molecule has 6 nitrogen and oxygen atoms in total. The van der Waals surface area contributed by atoms with E-state index in [0.29, 0.717) is 5.56 Å². The van der Waals surface area contributed by atoms with Crippen LogP contribution in [0.5, 0.6) is 0 Å². The minimum atomic E-state index is -1.41. The summed E-state index contributed by atoms with van der Waals surface area (Å²) in [7, 11) is 0. The molecule has 0 radical (unpaired) electrons. The van der Waals surface area contributed by atoms with Crippen LogP contribution >= 0.6 is 0 Å². The standard InChI is InChI=1S/C9H10O3.C3H7NO2/c1-6-2-4-7(5-3-6)8(10)9(11)12;1-2(4)3(5)6/h2-5,8,10H,1H3,(H,11,12);2H,4H2,1H3,(H,5,6)/t;2-/m.0/s1. The third-order valence-electron chi connectivity index (χ3n) is 2.02. The van der Waals surface area contributed by atoms with E-state index in [9.17, 15) is 9.59 Å². The Labute approximate surface area is 105 Å². The van der Waals surface area contributed by atoms with Gasteiger partial charge in [0.1, 0.15) is 6.04 Å². The monoisotopic (exact) mass is 255 g/mol. The van der Waals surface area contributed by atoms with E-state index in [1.165, 1.54) is 6.92 Å². The molecular formula is C12H17NO5. The van der Waals surface area contributed by atoms with Crippen molar-refractivity contribution in [2.75, 3.05) is 0 Å². The zero-order chi connectivity index (χ0) is 14.3. The first-order chi connectivity index (χ1) is 8.25. The number of carboxylic acid groups (broad SMARTS) is 2. The van der Waals surface area contributed by atoms with Gasteiger partial charge < -0.3 is 21.1 Å². The highest BCUT2D eigenvalue weighted by molar-refractivity contribution is 5.74. The fourth-order valence-electron chi connectivity index (χ4n) is 0.891. The van der Waals surface area contributed by atoms with E-state index in [1.807, 2.05) is 6.92 Å². The van der Waals surface area contributed by atoms with Crippen molar-refractivity contribution in [3.63, 3.8) is 0 Å². The molecule has 18 heavy (non-hydrogen) atoms. The normalized spacial score (nSPS) is 12.9. The number of aryl methyl sites for hydroxylation is 1. The van der Waals surface area contributed by atoms with Gasteiger partial charge in [-0.25, -0.2) is 4.79 Å². The van der Waals surface area contributed by atoms with Gasteiger partial charge in [-0.15, -0.1) is 0 Å². The molecule has 1 aromatic rings. The van der Waals surface area contributed by atoms with E-state index in [-0.39, 0.29) is 0 Å². The third-order valence-corrected chi connectivity index (χ3v) is 2.02. The van der Waals surface area contributed by atoms with Crippen molar-refractivity contribution in [2.45, 2.75) is 26.0 Å². The molecule has 0 saturated heterocycles. The van der Waals surface area contributed by atoms with Crippen LogP contribution in [0.2, 0.25) is 0 Å². The number of aliphatic carboxylic acids is 2. The van der Waals surface area contributed by atoms with Gasteiger partial charge >= 0.3 is 11.9 Å². The smallest absolute Gasteiger partial charge is 0.337 e. The minimum Gasteiger partial charge on any atom is -0.480 e. The highest BCUT2D eigenvalue weighted by atomic mass is 16.4. The Kier molecular flexibility index (Phi) is 6.62. The van der Waals surface area contributed by atoms with Crippen molar-refractivity contribution in [2.24, 2.45) is 5.73 Å². The van der Waals surface area contributed by atoms with Gasteiger partial charge in [-0.3, -0.25) is 4.79 Å². The highest BCUT2D eigenvalue weighted by Gasteiger charge is 2.14. The van der Waals surface area contributed by atoms with Crippen molar-refractivity contribution in [1.82, 2.24) is 0 Å². The molecule has 1 rings (SSSR count). The number of aliphatic hydroxyl groups excluding tert-OH is 1.